The van der Waals surface area contributed by atoms with Crippen LogP contribution in [0.1, 0.15) is 47.5 Å². The minimum Gasteiger partial charge on any atom is -0.444 e. The van der Waals surface area contributed by atoms with E-state index in [4.69, 9.17) is 4.74 Å². The Balaban J connectivity index is 2.27. The van der Waals surface area contributed by atoms with Crippen LogP contribution in [0, 0.1) is 5.92 Å². The van der Waals surface area contributed by atoms with Gasteiger partial charge < -0.3 is 20.3 Å². The number of nitrogens with one attached hydrogen (secondary N) is 2. The third kappa shape index (κ3) is 6.64. The number of nitrogens with zero attached hydrogens (tertiary/aromatic N) is 1. The number of hydrogen-bond acceptors (Lipinski definition) is 4. The fraction of sp³-hybridized carbons (Fsp3) is 0.875. The van der Waals surface area contributed by atoms with Gasteiger partial charge in [-0.1, -0.05) is 13.8 Å². The highest BCUT2D eigenvalue weighted by Gasteiger charge is 2.31. The molecule has 1 unspecified atom stereocenters. The van der Waals surface area contributed by atoms with Crippen molar-refractivity contribution in [2.24, 2.45) is 5.92 Å². The molecule has 1 rings (SSSR count). The standard InChI is InChI=1S/C16H31N3O3/c1-12(2)14(20)18-9-8-17-11-13-7-6-10-19(13)15(21)22-16(3,4)5/h12-13,17H,6-11H2,1-5H3,(H,18,20). The molecule has 0 aliphatic carbocycles. The van der Waals surface area contributed by atoms with Crippen LogP contribution in [-0.4, -0.2) is 54.7 Å². The van der Waals surface area contributed by atoms with Crippen molar-refractivity contribution in [3.8, 4) is 0 Å². The van der Waals surface area contributed by atoms with Crippen molar-refractivity contribution in [2.75, 3.05) is 26.2 Å². The fourth-order valence-electron chi connectivity index (χ4n) is 2.36. The highest BCUT2D eigenvalue weighted by atomic mass is 16.6. The molecule has 6 heteroatoms. The van der Waals surface area contributed by atoms with Crippen molar-refractivity contribution in [2.45, 2.75) is 59.1 Å². The molecule has 0 saturated carbocycles. The Hall–Kier alpha value is -1.30. The number of carbonyl (C=O) groups is 2. The van der Waals surface area contributed by atoms with Crippen molar-refractivity contribution in [1.29, 1.82) is 0 Å². The first-order valence-corrected chi connectivity index (χ1v) is 8.19. The Morgan fingerprint density at radius 1 is 1.27 bits per heavy atom. The van der Waals surface area contributed by atoms with E-state index in [-0.39, 0.29) is 24.0 Å². The highest BCUT2D eigenvalue weighted by Crippen LogP contribution is 2.20. The summed E-state index contributed by atoms with van der Waals surface area (Å²) in [6, 6.07) is 0.177. The Labute approximate surface area is 134 Å². The summed E-state index contributed by atoms with van der Waals surface area (Å²) in [4.78, 5) is 25.4. The summed E-state index contributed by atoms with van der Waals surface area (Å²) in [7, 11) is 0. The fourth-order valence-corrected chi connectivity index (χ4v) is 2.36. The van der Waals surface area contributed by atoms with Crippen molar-refractivity contribution in [1.82, 2.24) is 15.5 Å². The van der Waals surface area contributed by atoms with Crippen molar-refractivity contribution in [3.63, 3.8) is 0 Å². The first kappa shape index (κ1) is 18.7. The lowest BCUT2D eigenvalue weighted by Crippen LogP contribution is -2.45. The first-order valence-electron chi connectivity index (χ1n) is 8.19. The first-order chi connectivity index (χ1) is 10.2. The smallest absolute Gasteiger partial charge is 0.410 e. The maximum absolute atomic E-state index is 12.1. The topological polar surface area (TPSA) is 70.7 Å². The van der Waals surface area contributed by atoms with Crippen molar-refractivity contribution in [3.05, 3.63) is 0 Å². The molecule has 1 aliphatic heterocycles. The van der Waals surface area contributed by atoms with Crippen molar-refractivity contribution >= 4 is 12.0 Å². The third-order valence-corrected chi connectivity index (χ3v) is 3.51. The van der Waals surface area contributed by atoms with Crippen LogP contribution in [0.3, 0.4) is 0 Å². The zero-order valence-electron chi connectivity index (χ0n) is 14.6. The molecule has 1 heterocycles. The van der Waals surface area contributed by atoms with Crippen LogP contribution in [0.5, 0.6) is 0 Å². The van der Waals surface area contributed by atoms with Gasteiger partial charge in [-0.05, 0) is 33.6 Å². The molecular formula is C16H31N3O3. The van der Waals surface area contributed by atoms with Gasteiger partial charge in [-0.25, -0.2) is 4.79 Å². The number of carbonyl (C=O) groups excluding carboxylic acids is 2. The normalized spacial score (nSPS) is 18.6. The van der Waals surface area contributed by atoms with Crippen LogP contribution in [0.25, 0.3) is 0 Å². The maximum Gasteiger partial charge on any atom is 0.410 e. The summed E-state index contributed by atoms with van der Waals surface area (Å²) in [6.45, 7) is 12.2. The molecule has 0 spiro atoms. The lowest BCUT2D eigenvalue weighted by Gasteiger charge is -2.28. The minimum atomic E-state index is -0.460. The van der Waals surface area contributed by atoms with Crippen molar-refractivity contribution < 1.29 is 14.3 Å². The molecule has 1 fully saturated rings. The van der Waals surface area contributed by atoms with Crippen LogP contribution in [-0.2, 0) is 9.53 Å². The number of hydrogen-bond donors (Lipinski definition) is 2. The molecule has 2 amide bonds. The van der Waals surface area contributed by atoms with Gasteiger partial charge in [0.25, 0.3) is 0 Å². The largest absolute Gasteiger partial charge is 0.444 e. The lowest BCUT2D eigenvalue weighted by molar-refractivity contribution is -0.123. The average molecular weight is 313 g/mol. The second kappa shape index (κ2) is 8.36. The van der Waals surface area contributed by atoms with E-state index >= 15 is 0 Å². The average Bonchev–Trinajstić information content (AvgIpc) is 2.84. The number of amides is 2. The van der Waals surface area contributed by atoms with Gasteiger partial charge >= 0.3 is 6.09 Å². The molecule has 0 bridgehead atoms. The molecule has 1 saturated heterocycles. The molecule has 0 aromatic carbocycles. The van der Waals surface area contributed by atoms with E-state index in [0.29, 0.717) is 13.1 Å². The molecular weight excluding hydrogens is 282 g/mol. The maximum atomic E-state index is 12.1. The predicted molar refractivity (Wildman–Crippen MR) is 86.7 cm³/mol. The molecule has 1 aliphatic rings. The van der Waals surface area contributed by atoms with E-state index in [1.165, 1.54) is 0 Å². The van der Waals surface area contributed by atoms with Gasteiger partial charge in [-0.15, -0.1) is 0 Å². The van der Waals surface area contributed by atoms with E-state index < -0.39 is 5.60 Å². The quantitative estimate of drug-likeness (QED) is 0.733. The van der Waals surface area contributed by atoms with Gasteiger partial charge in [0.05, 0.1) is 0 Å². The van der Waals surface area contributed by atoms with E-state index in [2.05, 4.69) is 10.6 Å². The zero-order chi connectivity index (χ0) is 16.8. The number of likely N-dealkylation sites (tertiary alicyclic amines) is 1. The Bertz CT molecular complexity index is 377. The van der Waals surface area contributed by atoms with Crippen LogP contribution in [0.4, 0.5) is 4.79 Å². The lowest BCUT2D eigenvalue weighted by atomic mass is 10.2. The van der Waals surface area contributed by atoms with Gasteiger partial charge in [-0.2, -0.15) is 0 Å². The molecule has 6 nitrogen and oxygen atoms in total. The Morgan fingerprint density at radius 3 is 2.55 bits per heavy atom. The van der Waals surface area contributed by atoms with E-state index in [0.717, 1.165) is 25.9 Å². The Kier molecular flexibility index (Phi) is 7.13. The summed E-state index contributed by atoms with van der Waals surface area (Å²) in [5, 5.41) is 6.17. The molecule has 22 heavy (non-hydrogen) atoms. The summed E-state index contributed by atoms with van der Waals surface area (Å²) >= 11 is 0. The van der Waals surface area contributed by atoms with E-state index in [9.17, 15) is 9.59 Å². The van der Waals surface area contributed by atoms with Gasteiger partial charge in [0, 0.05) is 38.1 Å². The second-order valence-electron chi connectivity index (χ2n) is 7.12. The molecule has 128 valence electrons. The molecule has 1 atom stereocenters. The number of rotatable bonds is 6. The highest BCUT2D eigenvalue weighted by molar-refractivity contribution is 5.77. The summed E-state index contributed by atoms with van der Waals surface area (Å²) in [5.74, 6) is 0.0792. The molecule has 2 N–H and O–H groups in total. The Morgan fingerprint density at radius 2 is 1.95 bits per heavy atom. The summed E-state index contributed by atoms with van der Waals surface area (Å²) in [6.07, 6.45) is 1.77. The van der Waals surface area contributed by atoms with Gasteiger partial charge in [-0.3, -0.25) is 4.79 Å². The van der Waals surface area contributed by atoms with Crippen LogP contribution >= 0.6 is 0 Å². The molecule has 0 aromatic heterocycles. The van der Waals surface area contributed by atoms with Crippen LogP contribution in [0.15, 0.2) is 0 Å². The van der Waals surface area contributed by atoms with E-state index in [1.807, 2.05) is 39.5 Å². The SMILES string of the molecule is CC(C)C(=O)NCCNCC1CCCN1C(=O)OC(C)(C)C. The molecule has 0 aromatic rings. The van der Waals surface area contributed by atoms with Gasteiger partial charge in [0.1, 0.15) is 5.60 Å². The van der Waals surface area contributed by atoms with Crippen LogP contribution in [0.2, 0.25) is 0 Å². The predicted octanol–water partition coefficient (Wildman–Crippen LogP) is 1.75. The van der Waals surface area contributed by atoms with Gasteiger partial charge in [0.2, 0.25) is 5.91 Å². The zero-order valence-corrected chi connectivity index (χ0v) is 14.6. The van der Waals surface area contributed by atoms with Crippen LogP contribution < -0.4 is 10.6 Å². The second-order valence-corrected chi connectivity index (χ2v) is 7.12. The third-order valence-electron chi connectivity index (χ3n) is 3.51. The molecule has 0 radical (unpaired) electrons. The van der Waals surface area contributed by atoms with Gasteiger partial charge in [0.15, 0.2) is 0 Å². The number of ether oxygens (including phenoxy) is 1. The monoisotopic (exact) mass is 313 g/mol. The summed E-state index contributed by atoms with van der Waals surface area (Å²) in [5.41, 5.74) is -0.460. The minimum absolute atomic E-state index is 0.0116. The van der Waals surface area contributed by atoms with E-state index in [1.54, 1.807) is 0 Å². The summed E-state index contributed by atoms with van der Waals surface area (Å²) < 4.78 is 5.44.